The predicted molar refractivity (Wildman–Crippen MR) is 151 cm³/mol. The number of rotatable bonds is 7. The standard InChI is InChI=1S/C30H30N2O2S2/c1-4-34-30(33)28-24(31-22-13-9-20(2)10-14-22)19-25(26-7-5-17-35-26)32(23-15-11-21(3)12-16-23)29(28)27-8-6-18-36-27/h5-18,25,29,31H,4,19H2,1-3H3/t25-,29+/m0/s1. The number of benzene rings is 2. The molecular weight excluding hydrogens is 484 g/mol. The van der Waals surface area contributed by atoms with Gasteiger partial charge in [-0.2, -0.15) is 0 Å². The van der Waals surface area contributed by atoms with Gasteiger partial charge in [0.2, 0.25) is 0 Å². The van der Waals surface area contributed by atoms with E-state index in [9.17, 15) is 4.79 Å². The average molecular weight is 515 g/mol. The first-order valence-electron chi connectivity index (χ1n) is 12.2. The van der Waals surface area contributed by atoms with Gasteiger partial charge in [0.05, 0.1) is 24.3 Å². The molecule has 2 aromatic carbocycles. The zero-order valence-electron chi connectivity index (χ0n) is 20.7. The van der Waals surface area contributed by atoms with Crippen molar-refractivity contribution in [1.82, 2.24) is 0 Å². The zero-order valence-corrected chi connectivity index (χ0v) is 22.4. The third-order valence-corrected chi connectivity index (χ3v) is 8.37. The number of hydrogen-bond acceptors (Lipinski definition) is 6. The number of carbonyl (C=O) groups excluding carboxylic acids is 1. The molecule has 0 fully saturated rings. The minimum absolute atomic E-state index is 0.0610. The number of nitrogens with zero attached hydrogens (tertiary/aromatic N) is 1. The van der Waals surface area contributed by atoms with Crippen molar-refractivity contribution in [3.63, 3.8) is 0 Å². The Bertz CT molecular complexity index is 1320. The first-order valence-corrected chi connectivity index (χ1v) is 14.0. The van der Waals surface area contributed by atoms with Crippen molar-refractivity contribution in [3.05, 3.63) is 116 Å². The number of thiophene rings is 2. The lowest BCUT2D eigenvalue weighted by atomic mass is 9.88. The van der Waals surface area contributed by atoms with Gasteiger partial charge in [-0.3, -0.25) is 0 Å². The van der Waals surface area contributed by atoms with Crippen LogP contribution in [0.3, 0.4) is 0 Å². The van der Waals surface area contributed by atoms with Crippen LogP contribution in [-0.4, -0.2) is 12.6 Å². The van der Waals surface area contributed by atoms with Gasteiger partial charge in [0.1, 0.15) is 0 Å². The molecule has 0 unspecified atom stereocenters. The van der Waals surface area contributed by atoms with Crippen molar-refractivity contribution < 1.29 is 9.53 Å². The molecule has 4 nitrogen and oxygen atoms in total. The van der Waals surface area contributed by atoms with Crippen LogP contribution in [0.1, 0.15) is 46.3 Å². The number of ether oxygens (including phenoxy) is 1. The van der Waals surface area contributed by atoms with Gasteiger partial charge in [-0.15, -0.1) is 22.7 Å². The number of esters is 1. The van der Waals surface area contributed by atoms with Crippen molar-refractivity contribution in [3.8, 4) is 0 Å². The summed E-state index contributed by atoms with van der Waals surface area (Å²) in [5, 5.41) is 7.83. The maximum Gasteiger partial charge on any atom is 0.338 e. The number of nitrogens with one attached hydrogen (secondary N) is 1. The van der Waals surface area contributed by atoms with E-state index in [2.05, 4.69) is 108 Å². The molecule has 4 aromatic rings. The van der Waals surface area contributed by atoms with Crippen molar-refractivity contribution in [2.75, 3.05) is 16.8 Å². The SMILES string of the molecule is CCOC(=O)C1=C(Nc2ccc(C)cc2)C[C@@H](c2cccs2)N(c2ccc(C)cc2)[C@@H]1c1cccs1. The second-order valence-corrected chi connectivity index (χ2v) is 11.0. The van der Waals surface area contributed by atoms with Crippen LogP contribution in [0.15, 0.2) is 94.8 Å². The molecule has 2 aromatic heterocycles. The van der Waals surface area contributed by atoms with E-state index in [1.165, 1.54) is 16.0 Å². The quantitative estimate of drug-likeness (QED) is 0.253. The average Bonchev–Trinajstić information content (AvgIpc) is 3.60. The molecule has 3 heterocycles. The Morgan fingerprint density at radius 3 is 2.11 bits per heavy atom. The van der Waals surface area contributed by atoms with E-state index >= 15 is 0 Å². The molecule has 0 aliphatic carbocycles. The Morgan fingerprint density at radius 1 is 0.917 bits per heavy atom. The minimum Gasteiger partial charge on any atom is -0.463 e. The second kappa shape index (κ2) is 10.7. The minimum atomic E-state index is -0.277. The van der Waals surface area contributed by atoms with E-state index in [1.807, 2.05) is 6.92 Å². The Hall–Kier alpha value is -3.35. The molecule has 0 spiro atoms. The van der Waals surface area contributed by atoms with Crippen molar-refractivity contribution in [2.45, 2.75) is 39.3 Å². The Kier molecular flexibility index (Phi) is 7.25. The Balaban J connectivity index is 1.72. The molecule has 36 heavy (non-hydrogen) atoms. The summed E-state index contributed by atoms with van der Waals surface area (Å²) < 4.78 is 5.67. The highest BCUT2D eigenvalue weighted by atomic mass is 32.1. The highest BCUT2D eigenvalue weighted by Crippen LogP contribution is 2.49. The van der Waals surface area contributed by atoms with Gasteiger partial charge in [0.15, 0.2) is 0 Å². The maximum absolute atomic E-state index is 13.6. The van der Waals surface area contributed by atoms with Crippen molar-refractivity contribution in [2.24, 2.45) is 0 Å². The van der Waals surface area contributed by atoms with Crippen LogP contribution in [0.25, 0.3) is 0 Å². The number of anilines is 2. The fraction of sp³-hybridized carbons (Fsp3) is 0.233. The molecule has 2 atom stereocenters. The van der Waals surface area contributed by atoms with E-state index in [0.29, 0.717) is 18.6 Å². The number of hydrogen-bond donors (Lipinski definition) is 1. The summed E-state index contributed by atoms with van der Waals surface area (Å²) in [6.45, 7) is 6.37. The summed E-state index contributed by atoms with van der Waals surface area (Å²) in [4.78, 5) is 18.4. The van der Waals surface area contributed by atoms with E-state index in [0.717, 1.165) is 21.9 Å². The van der Waals surface area contributed by atoms with Crippen LogP contribution < -0.4 is 10.2 Å². The Labute approximate surface area is 220 Å². The van der Waals surface area contributed by atoms with E-state index in [4.69, 9.17) is 4.74 Å². The van der Waals surface area contributed by atoms with Crippen LogP contribution in [0.4, 0.5) is 11.4 Å². The second-order valence-electron chi connectivity index (χ2n) is 9.00. The van der Waals surface area contributed by atoms with Gasteiger partial charge in [-0.1, -0.05) is 47.5 Å². The third-order valence-electron chi connectivity index (χ3n) is 6.47. The van der Waals surface area contributed by atoms with Gasteiger partial charge < -0.3 is 15.0 Å². The third kappa shape index (κ3) is 4.97. The van der Waals surface area contributed by atoms with Crippen LogP contribution in [-0.2, 0) is 9.53 Å². The van der Waals surface area contributed by atoms with Crippen LogP contribution >= 0.6 is 22.7 Å². The molecule has 1 aliphatic heterocycles. The first-order chi connectivity index (χ1) is 17.5. The summed E-state index contributed by atoms with van der Waals surface area (Å²) in [6, 6.07) is 25.2. The number of aryl methyl sites for hydroxylation is 2. The highest BCUT2D eigenvalue weighted by molar-refractivity contribution is 7.10. The van der Waals surface area contributed by atoms with E-state index in [1.54, 1.807) is 22.7 Å². The maximum atomic E-state index is 13.6. The molecule has 0 saturated carbocycles. The molecule has 184 valence electrons. The highest BCUT2D eigenvalue weighted by Gasteiger charge is 2.42. The van der Waals surface area contributed by atoms with Crippen molar-refractivity contribution in [1.29, 1.82) is 0 Å². The van der Waals surface area contributed by atoms with E-state index < -0.39 is 0 Å². The summed E-state index contributed by atoms with van der Waals surface area (Å²) >= 11 is 3.43. The topological polar surface area (TPSA) is 41.6 Å². The molecule has 6 heteroatoms. The van der Waals surface area contributed by atoms with Crippen LogP contribution in [0.2, 0.25) is 0 Å². The van der Waals surface area contributed by atoms with E-state index in [-0.39, 0.29) is 18.1 Å². The molecule has 5 rings (SSSR count). The molecular formula is C30H30N2O2S2. The molecule has 0 radical (unpaired) electrons. The summed E-state index contributed by atoms with van der Waals surface area (Å²) in [6.07, 6.45) is 0.665. The lowest BCUT2D eigenvalue weighted by molar-refractivity contribution is -0.139. The molecule has 1 aliphatic rings. The first kappa shape index (κ1) is 24.3. The summed E-state index contributed by atoms with van der Waals surface area (Å²) in [5.74, 6) is -0.271. The lowest BCUT2D eigenvalue weighted by Crippen LogP contribution is -2.41. The molecule has 0 amide bonds. The lowest BCUT2D eigenvalue weighted by Gasteiger charge is -2.45. The van der Waals surface area contributed by atoms with Gasteiger partial charge in [-0.25, -0.2) is 4.79 Å². The normalized spacial score (nSPS) is 17.8. The number of carbonyl (C=O) groups is 1. The predicted octanol–water partition coefficient (Wildman–Crippen LogP) is 8.05. The van der Waals surface area contributed by atoms with Crippen LogP contribution in [0, 0.1) is 13.8 Å². The monoisotopic (exact) mass is 514 g/mol. The zero-order chi connectivity index (χ0) is 25.1. The summed E-state index contributed by atoms with van der Waals surface area (Å²) in [7, 11) is 0. The summed E-state index contributed by atoms with van der Waals surface area (Å²) in [5.41, 5.74) is 6.05. The smallest absolute Gasteiger partial charge is 0.338 e. The largest absolute Gasteiger partial charge is 0.463 e. The molecule has 0 saturated heterocycles. The van der Waals surface area contributed by atoms with Gasteiger partial charge in [0.25, 0.3) is 0 Å². The Morgan fingerprint density at radius 2 is 1.53 bits per heavy atom. The van der Waals surface area contributed by atoms with Crippen LogP contribution in [0.5, 0.6) is 0 Å². The molecule has 0 bridgehead atoms. The fourth-order valence-electron chi connectivity index (χ4n) is 4.75. The van der Waals surface area contributed by atoms with Gasteiger partial charge in [0, 0.05) is 33.2 Å². The van der Waals surface area contributed by atoms with Gasteiger partial charge >= 0.3 is 5.97 Å². The van der Waals surface area contributed by atoms with Crippen molar-refractivity contribution >= 4 is 40.0 Å². The molecule has 1 N–H and O–H groups in total. The van der Waals surface area contributed by atoms with Gasteiger partial charge in [-0.05, 0) is 67.9 Å². The fourth-order valence-corrected chi connectivity index (χ4v) is 6.41.